The van der Waals surface area contributed by atoms with Crippen LogP contribution in [0.25, 0.3) is 82.8 Å². The zero-order valence-electron chi connectivity index (χ0n) is 38.7. The van der Waals surface area contributed by atoms with Gasteiger partial charge < -0.3 is 13.9 Å². The number of aromatic nitrogens is 1. The van der Waals surface area contributed by atoms with E-state index in [1.54, 1.807) is 0 Å². The minimum atomic E-state index is 0.0934. The summed E-state index contributed by atoms with van der Waals surface area (Å²) >= 11 is 0. The molecular formula is C68H44N2O. The monoisotopic (exact) mass is 904 g/mol. The van der Waals surface area contributed by atoms with E-state index in [2.05, 4.69) is 252 Å². The van der Waals surface area contributed by atoms with Crippen LogP contribution in [0.2, 0.25) is 0 Å². The average Bonchev–Trinajstić information content (AvgIpc) is 3.99. The minimum Gasteiger partial charge on any atom is -0.456 e. The maximum absolute atomic E-state index is 6.47. The third-order valence-corrected chi connectivity index (χ3v) is 15.4. The number of fused-ring (bicyclic) bond motifs is 6. The molecule has 13 aromatic rings. The van der Waals surface area contributed by atoms with E-state index < -0.39 is 0 Å². The number of benzene rings is 11. The van der Waals surface area contributed by atoms with Crippen LogP contribution in [-0.2, 0) is 0 Å². The number of rotatable bonds is 7. The van der Waals surface area contributed by atoms with Gasteiger partial charge in [-0.15, -0.1) is 0 Å². The van der Waals surface area contributed by atoms with Crippen molar-refractivity contribution < 1.29 is 4.42 Å². The largest absolute Gasteiger partial charge is 0.456 e. The number of furan rings is 1. The smallest absolute Gasteiger partial charge is 0.137 e. The molecule has 0 radical (unpaired) electrons. The Morgan fingerprint density at radius 3 is 1.45 bits per heavy atom. The van der Waals surface area contributed by atoms with Gasteiger partial charge in [-0.25, -0.2) is 0 Å². The second-order valence-corrected chi connectivity index (χ2v) is 19.1. The van der Waals surface area contributed by atoms with E-state index in [9.17, 15) is 0 Å². The Kier molecular flexibility index (Phi) is 8.78. The molecule has 0 atom stereocenters. The Morgan fingerprint density at radius 1 is 0.310 bits per heavy atom. The van der Waals surface area contributed by atoms with Crippen molar-refractivity contribution >= 4 is 60.8 Å². The van der Waals surface area contributed by atoms with E-state index in [-0.39, 0.29) is 11.8 Å². The molecular weight excluding hydrogens is 861 g/mol. The Hall–Kier alpha value is -9.18. The number of nitrogens with zero attached hydrogens (tertiary/aromatic N) is 2. The van der Waals surface area contributed by atoms with Crippen molar-refractivity contribution in [1.29, 1.82) is 0 Å². The summed E-state index contributed by atoms with van der Waals surface area (Å²) in [6, 6.07) is 93.6. The normalized spacial score (nSPS) is 14.5. The highest BCUT2D eigenvalue weighted by Crippen LogP contribution is 2.60. The van der Waals surface area contributed by atoms with Crippen molar-refractivity contribution in [3.63, 3.8) is 0 Å². The Balaban J connectivity index is 0.901. The van der Waals surface area contributed by atoms with Crippen LogP contribution in [0, 0.1) is 0 Å². The van der Waals surface area contributed by atoms with E-state index in [1.807, 2.05) is 12.1 Å². The lowest BCUT2D eigenvalue weighted by Gasteiger charge is -2.44. The first-order valence-electron chi connectivity index (χ1n) is 24.6. The molecule has 332 valence electrons. The van der Waals surface area contributed by atoms with Crippen LogP contribution >= 0.6 is 0 Å². The predicted molar refractivity (Wildman–Crippen MR) is 294 cm³/mol. The van der Waals surface area contributed by atoms with Crippen LogP contribution in [0.4, 0.5) is 17.1 Å². The van der Waals surface area contributed by atoms with Crippen LogP contribution in [-0.4, -0.2) is 4.57 Å². The lowest BCUT2D eigenvalue weighted by atomic mass is 9.58. The van der Waals surface area contributed by atoms with E-state index in [4.69, 9.17) is 4.42 Å². The molecule has 3 aliphatic rings. The molecule has 2 aromatic heterocycles. The topological polar surface area (TPSA) is 21.3 Å². The molecule has 0 aliphatic heterocycles. The van der Waals surface area contributed by atoms with Crippen molar-refractivity contribution in [3.8, 4) is 39.1 Å². The van der Waals surface area contributed by atoms with Crippen molar-refractivity contribution in [1.82, 2.24) is 4.57 Å². The van der Waals surface area contributed by atoms with Crippen LogP contribution in [0.3, 0.4) is 0 Å². The summed E-state index contributed by atoms with van der Waals surface area (Å²) < 4.78 is 8.88. The molecule has 3 aliphatic carbocycles. The van der Waals surface area contributed by atoms with E-state index in [1.165, 1.54) is 94.3 Å². The third kappa shape index (κ3) is 6.09. The molecule has 71 heavy (non-hydrogen) atoms. The number of para-hydroxylation sites is 3. The fraction of sp³-hybridized carbons (Fsp3) is 0.0294. The van der Waals surface area contributed by atoms with Gasteiger partial charge in [-0.2, -0.15) is 0 Å². The number of hydrogen-bond acceptors (Lipinski definition) is 2. The van der Waals surface area contributed by atoms with Gasteiger partial charge in [0, 0.05) is 62.2 Å². The summed E-state index contributed by atoms with van der Waals surface area (Å²) in [7, 11) is 0. The first kappa shape index (κ1) is 39.8. The molecule has 16 rings (SSSR count). The van der Waals surface area contributed by atoms with Crippen LogP contribution < -0.4 is 4.90 Å². The fourth-order valence-corrected chi connectivity index (χ4v) is 12.3. The van der Waals surface area contributed by atoms with Gasteiger partial charge in [0.05, 0.1) is 11.0 Å². The van der Waals surface area contributed by atoms with E-state index >= 15 is 0 Å². The lowest BCUT2D eigenvalue weighted by Crippen LogP contribution is -2.28. The maximum Gasteiger partial charge on any atom is 0.137 e. The zero-order chi connectivity index (χ0) is 46.6. The van der Waals surface area contributed by atoms with E-state index in [0.717, 1.165) is 39.0 Å². The summed E-state index contributed by atoms with van der Waals surface area (Å²) in [6.07, 6.45) is 0. The first-order valence-corrected chi connectivity index (χ1v) is 24.6. The molecule has 0 unspecified atom stereocenters. The molecule has 0 N–H and O–H groups in total. The van der Waals surface area contributed by atoms with Crippen LogP contribution in [0.1, 0.15) is 45.2 Å². The molecule has 3 heteroatoms. The van der Waals surface area contributed by atoms with Gasteiger partial charge in [0.15, 0.2) is 0 Å². The fourth-order valence-electron chi connectivity index (χ4n) is 12.3. The summed E-state index contributed by atoms with van der Waals surface area (Å²) in [5.41, 5.74) is 24.4. The van der Waals surface area contributed by atoms with Gasteiger partial charge in [0.2, 0.25) is 0 Å². The lowest BCUT2D eigenvalue weighted by molar-refractivity contribution is 0.669. The molecule has 11 aromatic carbocycles. The van der Waals surface area contributed by atoms with Gasteiger partial charge in [0.1, 0.15) is 11.2 Å². The highest BCUT2D eigenvalue weighted by atomic mass is 16.3. The molecule has 2 heterocycles. The Labute approximate surface area is 411 Å². The molecule has 0 saturated carbocycles. The summed E-state index contributed by atoms with van der Waals surface area (Å²) in [5, 5.41) is 4.76. The molecule has 2 bridgehead atoms. The SMILES string of the molecule is c1ccc(-c2ccc(N(c3ccc(-c4ccc(-c5ccc6c(c5)c5ccccc5n6-c5ccccc5)c5c4C4c6ccccc6C5c5ccccc54)cc3)c3ccc4c(c3)oc3ccccc34)cc2)cc1. The number of hydrogen-bond donors (Lipinski definition) is 0. The summed E-state index contributed by atoms with van der Waals surface area (Å²) in [4.78, 5) is 2.35. The average molecular weight is 905 g/mol. The maximum atomic E-state index is 6.47. The van der Waals surface area contributed by atoms with Gasteiger partial charge in [-0.3, -0.25) is 0 Å². The van der Waals surface area contributed by atoms with Gasteiger partial charge in [-0.1, -0.05) is 176 Å². The zero-order valence-corrected chi connectivity index (χ0v) is 38.7. The second-order valence-electron chi connectivity index (χ2n) is 19.1. The Morgan fingerprint density at radius 2 is 0.789 bits per heavy atom. The quantitative estimate of drug-likeness (QED) is 0.159. The predicted octanol–water partition coefficient (Wildman–Crippen LogP) is 18.1. The molecule has 0 saturated heterocycles. The third-order valence-electron chi connectivity index (χ3n) is 15.4. The molecule has 0 amide bonds. The highest BCUT2D eigenvalue weighted by molar-refractivity contribution is 6.11. The molecule has 0 fully saturated rings. The Bertz CT molecular complexity index is 4170. The van der Waals surface area contributed by atoms with Crippen molar-refractivity contribution in [3.05, 3.63) is 288 Å². The highest BCUT2D eigenvalue weighted by Gasteiger charge is 2.43. The van der Waals surface area contributed by atoms with Gasteiger partial charge in [-0.05, 0) is 140 Å². The van der Waals surface area contributed by atoms with Gasteiger partial charge >= 0.3 is 0 Å². The summed E-state index contributed by atoms with van der Waals surface area (Å²) in [5.74, 6) is 0.191. The first-order chi connectivity index (χ1) is 35.2. The van der Waals surface area contributed by atoms with Crippen molar-refractivity contribution in [2.24, 2.45) is 0 Å². The second kappa shape index (κ2) is 15.7. The van der Waals surface area contributed by atoms with Crippen molar-refractivity contribution in [2.45, 2.75) is 11.8 Å². The summed E-state index contributed by atoms with van der Waals surface area (Å²) in [6.45, 7) is 0. The molecule has 0 spiro atoms. The standard InChI is InChI=1S/C68H44N2O/c1-3-15-43(16-4-1)44-27-32-48(33-28-44)69(50-36-37-55-54-20-12-14-26-63(54)71-64(55)42-50)49-34-29-45(30-35-49)51-38-39-52(68-66-58-23-9-7-21-56(58)65(67(51)68)57-22-8-10-24-59(57)66)46-31-40-62-60(41-46)53-19-11-13-25-61(53)70(62)47-17-5-2-6-18-47/h1-42,65-66H. The minimum absolute atomic E-state index is 0.0934. The number of anilines is 3. The van der Waals surface area contributed by atoms with E-state index in [0.29, 0.717) is 0 Å². The van der Waals surface area contributed by atoms with Crippen molar-refractivity contribution in [2.75, 3.05) is 4.90 Å². The van der Waals surface area contributed by atoms with Crippen LogP contribution in [0.5, 0.6) is 0 Å². The van der Waals surface area contributed by atoms with Gasteiger partial charge in [0.25, 0.3) is 0 Å². The molecule has 3 nitrogen and oxygen atoms in total. The van der Waals surface area contributed by atoms with Crippen LogP contribution in [0.15, 0.2) is 259 Å².